The van der Waals surface area contributed by atoms with Gasteiger partial charge in [-0.05, 0) is 30.7 Å². The molecule has 0 aliphatic carbocycles. The van der Waals surface area contributed by atoms with Gasteiger partial charge in [0.15, 0.2) is 0 Å². The summed E-state index contributed by atoms with van der Waals surface area (Å²) in [6.45, 7) is 1.64. The molecule has 1 heterocycles. The number of rotatable bonds is 7. The average molecular weight is 258 g/mol. The van der Waals surface area contributed by atoms with E-state index >= 15 is 0 Å². The molecule has 4 N–H and O–H groups in total. The maximum atomic E-state index is 11.1. The molecule has 19 heavy (non-hydrogen) atoms. The standard InChI is InChI=1S/C14H18N4O/c15-14(19)12-4-1-3-11(9-12)10-16-6-2-5-13-17-7-8-18-13/h1,3-4,7-9,16H,2,5-6,10H2,(H2,15,19)(H,17,18). The van der Waals surface area contributed by atoms with Crippen LogP contribution in [-0.2, 0) is 13.0 Å². The quantitative estimate of drug-likeness (QED) is 0.653. The Morgan fingerprint density at radius 3 is 3.05 bits per heavy atom. The summed E-state index contributed by atoms with van der Waals surface area (Å²) in [6.07, 6.45) is 5.54. The Hall–Kier alpha value is -2.14. The number of H-pyrrole nitrogens is 1. The van der Waals surface area contributed by atoms with Crippen molar-refractivity contribution in [1.82, 2.24) is 15.3 Å². The van der Waals surface area contributed by atoms with Crippen LogP contribution in [0.3, 0.4) is 0 Å². The molecule has 0 unspecified atom stereocenters. The molecule has 2 aromatic rings. The van der Waals surface area contributed by atoms with Gasteiger partial charge < -0.3 is 16.0 Å². The third-order valence-corrected chi connectivity index (χ3v) is 2.86. The van der Waals surface area contributed by atoms with Crippen LogP contribution in [0.1, 0.15) is 28.2 Å². The highest BCUT2D eigenvalue weighted by Gasteiger charge is 2.01. The van der Waals surface area contributed by atoms with Crippen LogP contribution in [0.5, 0.6) is 0 Å². The molecule has 1 amide bonds. The molecular weight excluding hydrogens is 240 g/mol. The van der Waals surface area contributed by atoms with Crippen molar-refractivity contribution >= 4 is 5.91 Å². The number of hydrogen-bond donors (Lipinski definition) is 3. The minimum Gasteiger partial charge on any atom is -0.366 e. The van der Waals surface area contributed by atoms with Crippen molar-refractivity contribution in [3.8, 4) is 0 Å². The van der Waals surface area contributed by atoms with Gasteiger partial charge in [0, 0.05) is 30.9 Å². The van der Waals surface area contributed by atoms with Crippen LogP contribution in [0.25, 0.3) is 0 Å². The van der Waals surface area contributed by atoms with E-state index in [1.165, 1.54) is 0 Å². The Bertz CT molecular complexity index is 522. The van der Waals surface area contributed by atoms with Crippen LogP contribution < -0.4 is 11.1 Å². The van der Waals surface area contributed by atoms with Crippen LogP contribution in [0.2, 0.25) is 0 Å². The molecule has 1 aromatic carbocycles. The van der Waals surface area contributed by atoms with Gasteiger partial charge in [0.25, 0.3) is 0 Å². The summed E-state index contributed by atoms with van der Waals surface area (Å²) in [5.41, 5.74) is 6.86. The number of aromatic amines is 1. The Morgan fingerprint density at radius 1 is 1.42 bits per heavy atom. The number of nitrogens with two attached hydrogens (primary N) is 1. The maximum Gasteiger partial charge on any atom is 0.248 e. The fraction of sp³-hybridized carbons (Fsp3) is 0.286. The van der Waals surface area contributed by atoms with E-state index < -0.39 is 0 Å². The molecule has 2 rings (SSSR count). The van der Waals surface area contributed by atoms with Crippen molar-refractivity contribution in [3.63, 3.8) is 0 Å². The maximum absolute atomic E-state index is 11.1. The summed E-state index contributed by atoms with van der Waals surface area (Å²) in [4.78, 5) is 18.3. The van der Waals surface area contributed by atoms with Crippen molar-refractivity contribution < 1.29 is 4.79 Å². The second kappa shape index (κ2) is 6.70. The van der Waals surface area contributed by atoms with E-state index in [0.29, 0.717) is 5.56 Å². The van der Waals surface area contributed by atoms with E-state index in [-0.39, 0.29) is 5.91 Å². The van der Waals surface area contributed by atoms with Crippen molar-refractivity contribution in [2.75, 3.05) is 6.54 Å². The van der Waals surface area contributed by atoms with E-state index in [1.54, 1.807) is 12.3 Å². The van der Waals surface area contributed by atoms with Gasteiger partial charge in [-0.3, -0.25) is 4.79 Å². The van der Waals surface area contributed by atoms with E-state index in [2.05, 4.69) is 15.3 Å². The number of benzene rings is 1. The number of hydrogen-bond acceptors (Lipinski definition) is 3. The van der Waals surface area contributed by atoms with Gasteiger partial charge in [0.1, 0.15) is 5.82 Å². The number of amides is 1. The number of nitrogens with one attached hydrogen (secondary N) is 2. The first-order valence-electron chi connectivity index (χ1n) is 6.33. The highest BCUT2D eigenvalue weighted by atomic mass is 16.1. The molecule has 5 heteroatoms. The Morgan fingerprint density at radius 2 is 2.32 bits per heavy atom. The average Bonchev–Trinajstić information content (AvgIpc) is 2.92. The van der Waals surface area contributed by atoms with Crippen LogP contribution >= 0.6 is 0 Å². The largest absolute Gasteiger partial charge is 0.366 e. The summed E-state index contributed by atoms with van der Waals surface area (Å²) in [7, 11) is 0. The van der Waals surface area contributed by atoms with Gasteiger partial charge in [0.2, 0.25) is 5.91 Å². The van der Waals surface area contributed by atoms with Crippen LogP contribution in [0.15, 0.2) is 36.7 Å². The summed E-state index contributed by atoms with van der Waals surface area (Å²) >= 11 is 0. The fourth-order valence-corrected chi connectivity index (χ4v) is 1.88. The normalized spacial score (nSPS) is 10.5. The number of carbonyl (C=O) groups is 1. The lowest BCUT2D eigenvalue weighted by atomic mass is 10.1. The summed E-state index contributed by atoms with van der Waals surface area (Å²) in [5.74, 6) is 0.622. The first-order valence-corrected chi connectivity index (χ1v) is 6.33. The second-order valence-electron chi connectivity index (χ2n) is 4.38. The number of carbonyl (C=O) groups excluding carboxylic acids is 1. The molecule has 1 aromatic heterocycles. The van der Waals surface area contributed by atoms with Gasteiger partial charge in [-0.1, -0.05) is 12.1 Å². The minimum atomic E-state index is -0.389. The lowest BCUT2D eigenvalue weighted by Gasteiger charge is -2.05. The zero-order chi connectivity index (χ0) is 13.5. The predicted octanol–water partition coefficient (Wildman–Crippen LogP) is 1.23. The summed E-state index contributed by atoms with van der Waals surface area (Å²) in [5, 5.41) is 3.34. The highest BCUT2D eigenvalue weighted by Crippen LogP contribution is 2.04. The molecule has 0 spiro atoms. The van der Waals surface area contributed by atoms with Gasteiger partial charge in [0.05, 0.1) is 0 Å². The predicted molar refractivity (Wildman–Crippen MR) is 73.6 cm³/mol. The third kappa shape index (κ3) is 4.22. The number of imidazole rings is 1. The molecule has 0 bridgehead atoms. The number of aromatic nitrogens is 2. The van der Waals surface area contributed by atoms with Crippen molar-refractivity contribution in [2.45, 2.75) is 19.4 Å². The molecular formula is C14H18N4O. The van der Waals surface area contributed by atoms with Crippen molar-refractivity contribution in [1.29, 1.82) is 0 Å². The zero-order valence-electron chi connectivity index (χ0n) is 10.7. The smallest absolute Gasteiger partial charge is 0.248 e. The van der Waals surface area contributed by atoms with Gasteiger partial charge >= 0.3 is 0 Å². The molecule has 0 atom stereocenters. The van der Waals surface area contributed by atoms with Crippen LogP contribution in [-0.4, -0.2) is 22.4 Å². The Labute approximate surface area is 112 Å². The SMILES string of the molecule is NC(=O)c1cccc(CNCCCc2ncc[nH]2)c1. The molecule has 100 valence electrons. The second-order valence-corrected chi connectivity index (χ2v) is 4.38. The summed E-state index contributed by atoms with van der Waals surface area (Å²) in [6, 6.07) is 7.37. The molecule has 0 fully saturated rings. The monoisotopic (exact) mass is 258 g/mol. The lowest BCUT2D eigenvalue weighted by Crippen LogP contribution is -2.16. The minimum absolute atomic E-state index is 0.389. The van der Waals surface area contributed by atoms with Gasteiger partial charge in [-0.25, -0.2) is 4.98 Å². The van der Waals surface area contributed by atoms with Crippen LogP contribution in [0, 0.1) is 0 Å². The third-order valence-electron chi connectivity index (χ3n) is 2.86. The Kier molecular flexibility index (Phi) is 4.69. The van der Waals surface area contributed by atoms with E-state index in [0.717, 1.165) is 37.3 Å². The highest BCUT2D eigenvalue weighted by molar-refractivity contribution is 5.92. The molecule has 0 saturated carbocycles. The molecule has 0 saturated heterocycles. The van der Waals surface area contributed by atoms with Crippen molar-refractivity contribution in [2.24, 2.45) is 5.73 Å². The first-order chi connectivity index (χ1) is 9.25. The van der Waals surface area contributed by atoms with Crippen molar-refractivity contribution in [3.05, 3.63) is 53.6 Å². The van der Waals surface area contributed by atoms with E-state index in [9.17, 15) is 4.79 Å². The van der Waals surface area contributed by atoms with E-state index in [4.69, 9.17) is 5.73 Å². The topological polar surface area (TPSA) is 83.8 Å². The summed E-state index contributed by atoms with van der Waals surface area (Å²) < 4.78 is 0. The van der Waals surface area contributed by atoms with Gasteiger partial charge in [-0.2, -0.15) is 0 Å². The Balaban J connectivity index is 1.70. The molecule has 0 aliphatic heterocycles. The van der Waals surface area contributed by atoms with Gasteiger partial charge in [-0.15, -0.1) is 0 Å². The number of nitrogens with zero attached hydrogens (tertiary/aromatic N) is 1. The molecule has 5 nitrogen and oxygen atoms in total. The van der Waals surface area contributed by atoms with E-state index in [1.807, 2.05) is 24.4 Å². The molecule has 0 aliphatic rings. The first kappa shape index (κ1) is 13.3. The number of primary amides is 1. The zero-order valence-corrected chi connectivity index (χ0v) is 10.7. The lowest BCUT2D eigenvalue weighted by molar-refractivity contribution is 0.1000. The van der Waals surface area contributed by atoms with Crippen LogP contribution in [0.4, 0.5) is 0 Å². The fourth-order valence-electron chi connectivity index (χ4n) is 1.88. The molecule has 0 radical (unpaired) electrons. The number of aryl methyl sites for hydroxylation is 1.